The summed E-state index contributed by atoms with van der Waals surface area (Å²) in [7, 11) is 0. The first kappa shape index (κ1) is 16.0. The number of hydrogen-bond donors (Lipinski definition) is 3. The number of nitrogens with two attached hydrogens (primary N) is 1. The van der Waals surface area contributed by atoms with Crippen molar-refractivity contribution in [3.8, 4) is 0 Å². The highest BCUT2D eigenvalue weighted by molar-refractivity contribution is 5.87. The second-order valence-electron chi connectivity index (χ2n) is 5.46. The number of fused-ring (bicyclic) bond motifs is 1. The molecule has 0 saturated carbocycles. The quantitative estimate of drug-likeness (QED) is 0.702. The molecule has 7 heteroatoms. The van der Waals surface area contributed by atoms with E-state index in [1.807, 2.05) is 48.8 Å². The monoisotopic (exact) mass is 303 g/mol. The molecule has 0 aliphatic carbocycles. The average molecular weight is 303 g/mol. The van der Waals surface area contributed by atoms with E-state index in [0.717, 1.165) is 11.3 Å². The van der Waals surface area contributed by atoms with E-state index >= 15 is 0 Å². The number of amides is 2. The van der Waals surface area contributed by atoms with Gasteiger partial charge in [-0.1, -0.05) is 19.9 Å². The SMILES string of the molecule is CC(C)[C@H](N)C(=O)NCC(=O)NCc1cn2ccccc2n1. The molecule has 2 amide bonds. The molecule has 118 valence electrons. The van der Waals surface area contributed by atoms with Gasteiger partial charge < -0.3 is 20.8 Å². The zero-order valence-corrected chi connectivity index (χ0v) is 12.7. The van der Waals surface area contributed by atoms with Gasteiger partial charge in [0.05, 0.1) is 24.8 Å². The van der Waals surface area contributed by atoms with Gasteiger partial charge >= 0.3 is 0 Å². The van der Waals surface area contributed by atoms with Gasteiger partial charge in [-0.3, -0.25) is 9.59 Å². The molecule has 0 bridgehead atoms. The lowest BCUT2D eigenvalue weighted by molar-refractivity contribution is -0.127. The molecule has 2 heterocycles. The molecule has 0 radical (unpaired) electrons. The van der Waals surface area contributed by atoms with Gasteiger partial charge in [-0.2, -0.15) is 0 Å². The van der Waals surface area contributed by atoms with E-state index in [0.29, 0.717) is 6.54 Å². The number of rotatable bonds is 6. The number of pyridine rings is 1. The minimum absolute atomic E-state index is 0.0287. The summed E-state index contributed by atoms with van der Waals surface area (Å²) < 4.78 is 1.88. The Hall–Kier alpha value is -2.41. The zero-order valence-electron chi connectivity index (χ0n) is 12.7. The highest BCUT2D eigenvalue weighted by Gasteiger charge is 2.17. The lowest BCUT2D eigenvalue weighted by atomic mass is 10.1. The summed E-state index contributed by atoms with van der Waals surface area (Å²) >= 11 is 0. The largest absolute Gasteiger partial charge is 0.349 e. The minimum atomic E-state index is -0.605. The Morgan fingerprint density at radius 3 is 2.77 bits per heavy atom. The number of nitrogens with zero attached hydrogens (tertiary/aromatic N) is 2. The van der Waals surface area contributed by atoms with Gasteiger partial charge in [0, 0.05) is 12.4 Å². The molecule has 2 aromatic rings. The van der Waals surface area contributed by atoms with Crippen molar-refractivity contribution in [2.24, 2.45) is 11.7 Å². The maximum Gasteiger partial charge on any atom is 0.239 e. The molecule has 0 fully saturated rings. The first-order valence-electron chi connectivity index (χ1n) is 7.20. The fourth-order valence-corrected chi connectivity index (χ4v) is 1.91. The van der Waals surface area contributed by atoms with E-state index < -0.39 is 6.04 Å². The fraction of sp³-hybridized carbons (Fsp3) is 0.400. The van der Waals surface area contributed by atoms with Crippen LogP contribution in [0, 0.1) is 5.92 Å². The van der Waals surface area contributed by atoms with Crippen LogP contribution in [0.15, 0.2) is 30.6 Å². The molecule has 2 aromatic heterocycles. The number of imidazole rings is 1. The fourth-order valence-electron chi connectivity index (χ4n) is 1.91. The third-order valence-corrected chi connectivity index (χ3v) is 3.32. The van der Waals surface area contributed by atoms with Crippen LogP contribution in [0.2, 0.25) is 0 Å². The van der Waals surface area contributed by atoms with Crippen molar-refractivity contribution in [2.75, 3.05) is 6.54 Å². The second-order valence-corrected chi connectivity index (χ2v) is 5.46. The average Bonchev–Trinajstić information content (AvgIpc) is 2.92. The van der Waals surface area contributed by atoms with Crippen LogP contribution in [-0.4, -0.2) is 33.8 Å². The number of carbonyl (C=O) groups excluding carboxylic acids is 2. The van der Waals surface area contributed by atoms with Crippen molar-refractivity contribution in [3.05, 3.63) is 36.3 Å². The summed E-state index contributed by atoms with van der Waals surface area (Å²) in [6.07, 6.45) is 3.74. The normalized spacial score (nSPS) is 12.4. The Balaban J connectivity index is 1.79. The van der Waals surface area contributed by atoms with Crippen molar-refractivity contribution in [1.29, 1.82) is 0 Å². The zero-order chi connectivity index (χ0) is 16.1. The molecule has 2 rings (SSSR count). The van der Waals surface area contributed by atoms with Crippen LogP contribution in [0.5, 0.6) is 0 Å². The Morgan fingerprint density at radius 2 is 2.09 bits per heavy atom. The van der Waals surface area contributed by atoms with E-state index in [-0.39, 0.29) is 24.3 Å². The molecule has 0 aliphatic rings. The summed E-state index contributed by atoms with van der Waals surface area (Å²) in [6, 6.07) is 5.09. The van der Waals surface area contributed by atoms with E-state index in [9.17, 15) is 9.59 Å². The van der Waals surface area contributed by atoms with Gasteiger partial charge in [0.15, 0.2) is 0 Å². The van der Waals surface area contributed by atoms with Gasteiger partial charge in [0.25, 0.3) is 0 Å². The number of nitrogens with one attached hydrogen (secondary N) is 2. The van der Waals surface area contributed by atoms with E-state index in [1.54, 1.807) is 0 Å². The Kier molecular flexibility index (Phi) is 5.11. The molecule has 0 aliphatic heterocycles. The summed E-state index contributed by atoms with van der Waals surface area (Å²) in [6.45, 7) is 3.93. The molecule has 22 heavy (non-hydrogen) atoms. The topological polar surface area (TPSA) is 102 Å². The van der Waals surface area contributed by atoms with Crippen LogP contribution >= 0.6 is 0 Å². The molecule has 0 unspecified atom stereocenters. The smallest absolute Gasteiger partial charge is 0.239 e. The Labute approximate surface area is 128 Å². The highest BCUT2D eigenvalue weighted by Crippen LogP contribution is 2.03. The van der Waals surface area contributed by atoms with Crippen LogP contribution in [0.1, 0.15) is 19.5 Å². The van der Waals surface area contributed by atoms with Gasteiger partial charge in [-0.05, 0) is 18.1 Å². The second kappa shape index (κ2) is 7.04. The summed E-state index contributed by atoms with van der Waals surface area (Å²) in [5.74, 6) is -0.569. The predicted octanol–water partition coefficient (Wildman–Crippen LogP) is 0.0500. The highest BCUT2D eigenvalue weighted by atomic mass is 16.2. The number of carbonyl (C=O) groups is 2. The maximum absolute atomic E-state index is 11.7. The van der Waals surface area contributed by atoms with E-state index in [2.05, 4.69) is 15.6 Å². The third kappa shape index (κ3) is 4.05. The first-order chi connectivity index (χ1) is 10.5. The summed E-state index contributed by atoms with van der Waals surface area (Å²) in [5, 5.41) is 5.24. The molecule has 0 spiro atoms. The number of hydrogen-bond acceptors (Lipinski definition) is 4. The van der Waals surface area contributed by atoms with E-state index in [1.165, 1.54) is 0 Å². The minimum Gasteiger partial charge on any atom is -0.349 e. The van der Waals surface area contributed by atoms with Gasteiger partial charge in [0.1, 0.15) is 5.65 Å². The van der Waals surface area contributed by atoms with Crippen molar-refractivity contribution in [2.45, 2.75) is 26.4 Å². The summed E-state index contributed by atoms with van der Waals surface area (Å²) in [5.41, 5.74) is 7.27. The van der Waals surface area contributed by atoms with Crippen LogP contribution in [0.4, 0.5) is 0 Å². The number of aromatic nitrogens is 2. The Bertz CT molecular complexity index is 632. The van der Waals surface area contributed by atoms with Crippen molar-refractivity contribution >= 4 is 17.5 Å². The van der Waals surface area contributed by atoms with E-state index in [4.69, 9.17) is 5.73 Å². The standard InChI is InChI=1S/C15H21N5O2/c1-10(2)14(16)15(22)18-8-13(21)17-7-11-9-20-6-4-3-5-12(20)19-11/h3-6,9-10,14H,7-8,16H2,1-2H3,(H,17,21)(H,18,22)/t14-/m0/s1. The third-order valence-electron chi connectivity index (χ3n) is 3.32. The molecule has 4 N–H and O–H groups in total. The Morgan fingerprint density at radius 1 is 1.32 bits per heavy atom. The van der Waals surface area contributed by atoms with Crippen LogP contribution in [0.3, 0.4) is 0 Å². The molecular weight excluding hydrogens is 282 g/mol. The molecule has 0 aromatic carbocycles. The van der Waals surface area contributed by atoms with Crippen LogP contribution in [0.25, 0.3) is 5.65 Å². The lowest BCUT2D eigenvalue weighted by Gasteiger charge is -2.14. The van der Waals surface area contributed by atoms with Crippen molar-refractivity contribution in [3.63, 3.8) is 0 Å². The van der Waals surface area contributed by atoms with Gasteiger partial charge in [-0.25, -0.2) is 4.98 Å². The van der Waals surface area contributed by atoms with Gasteiger partial charge in [0.2, 0.25) is 11.8 Å². The molecular formula is C15H21N5O2. The molecule has 7 nitrogen and oxygen atoms in total. The summed E-state index contributed by atoms with van der Waals surface area (Å²) in [4.78, 5) is 27.7. The molecule has 1 atom stereocenters. The maximum atomic E-state index is 11.7. The first-order valence-corrected chi connectivity index (χ1v) is 7.20. The van der Waals surface area contributed by atoms with Crippen LogP contribution < -0.4 is 16.4 Å². The predicted molar refractivity (Wildman–Crippen MR) is 82.9 cm³/mol. The molecule has 0 saturated heterocycles. The van der Waals surface area contributed by atoms with Crippen molar-refractivity contribution < 1.29 is 9.59 Å². The lowest BCUT2D eigenvalue weighted by Crippen LogP contribution is -2.47. The van der Waals surface area contributed by atoms with Crippen molar-refractivity contribution in [1.82, 2.24) is 20.0 Å². The van der Waals surface area contributed by atoms with Gasteiger partial charge in [-0.15, -0.1) is 0 Å². The van der Waals surface area contributed by atoms with Crippen LogP contribution in [-0.2, 0) is 16.1 Å².